The first-order valence-corrected chi connectivity index (χ1v) is 6.52. The van der Waals surface area contributed by atoms with Gasteiger partial charge in [-0.1, -0.05) is 12.1 Å². The molecule has 0 amide bonds. The third-order valence-electron chi connectivity index (χ3n) is 3.08. The highest BCUT2D eigenvalue weighted by atomic mass is 16.6. The van der Waals surface area contributed by atoms with Crippen LogP contribution in [0.25, 0.3) is 0 Å². The van der Waals surface area contributed by atoms with E-state index in [2.05, 4.69) is 0 Å². The van der Waals surface area contributed by atoms with Crippen LogP contribution < -0.4 is 0 Å². The maximum atomic E-state index is 11.7. The zero-order valence-electron chi connectivity index (χ0n) is 10.9. The SMILES string of the molecule is O=C(OCC1CO1)c1ccc(C(O)OCC2CO2)cc1. The van der Waals surface area contributed by atoms with E-state index in [-0.39, 0.29) is 18.8 Å². The fourth-order valence-electron chi connectivity index (χ4n) is 1.66. The van der Waals surface area contributed by atoms with Crippen molar-refractivity contribution in [3.63, 3.8) is 0 Å². The first kappa shape index (κ1) is 13.5. The largest absolute Gasteiger partial charge is 0.459 e. The van der Waals surface area contributed by atoms with Gasteiger partial charge in [-0.25, -0.2) is 4.79 Å². The lowest BCUT2D eigenvalue weighted by Gasteiger charge is -2.11. The van der Waals surface area contributed by atoms with Crippen LogP contribution in [0.5, 0.6) is 0 Å². The Bertz CT molecular complexity index is 463. The van der Waals surface area contributed by atoms with Crippen LogP contribution in [-0.2, 0) is 18.9 Å². The van der Waals surface area contributed by atoms with E-state index >= 15 is 0 Å². The highest BCUT2D eigenvalue weighted by molar-refractivity contribution is 5.89. The van der Waals surface area contributed by atoms with Crippen molar-refractivity contribution in [2.75, 3.05) is 26.4 Å². The minimum absolute atomic E-state index is 0.0538. The molecular weight excluding hydrogens is 264 g/mol. The van der Waals surface area contributed by atoms with E-state index in [0.717, 1.165) is 0 Å². The lowest BCUT2D eigenvalue weighted by atomic mass is 10.1. The molecule has 2 aliphatic heterocycles. The second kappa shape index (κ2) is 5.88. The van der Waals surface area contributed by atoms with Crippen molar-refractivity contribution >= 4 is 5.97 Å². The number of carbonyl (C=O) groups is 1. The quantitative estimate of drug-likeness (QED) is 0.448. The fourth-order valence-corrected chi connectivity index (χ4v) is 1.66. The molecule has 0 radical (unpaired) electrons. The molecule has 2 heterocycles. The van der Waals surface area contributed by atoms with Crippen LogP contribution in [0.3, 0.4) is 0 Å². The lowest BCUT2D eigenvalue weighted by Crippen LogP contribution is -2.11. The van der Waals surface area contributed by atoms with Crippen LogP contribution in [0.4, 0.5) is 0 Å². The van der Waals surface area contributed by atoms with Gasteiger partial charge in [-0.3, -0.25) is 0 Å². The highest BCUT2D eigenvalue weighted by Crippen LogP contribution is 2.19. The molecule has 2 fully saturated rings. The second-order valence-electron chi connectivity index (χ2n) is 4.82. The molecule has 2 saturated heterocycles. The van der Waals surface area contributed by atoms with Crippen LogP contribution >= 0.6 is 0 Å². The third kappa shape index (κ3) is 3.77. The number of hydrogen-bond donors (Lipinski definition) is 1. The van der Waals surface area contributed by atoms with Crippen LogP contribution in [0, 0.1) is 0 Å². The second-order valence-corrected chi connectivity index (χ2v) is 4.82. The lowest BCUT2D eigenvalue weighted by molar-refractivity contribution is -0.106. The summed E-state index contributed by atoms with van der Waals surface area (Å²) in [5.41, 5.74) is 1.03. The summed E-state index contributed by atoms with van der Waals surface area (Å²) in [6.45, 7) is 1.99. The number of rotatable bonds is 7. The van der Waals surface area contributed by atoms with Gasteiger partial charge in [-0.15, -0.1) is 0 Å². The van der Waals surface area contributed by atoms with E-state index in [1.165, 1.54) is 0 Å². The first-order chi connectivity index (χ1) is 9.72. The normalized spacial score (nSPS) is 25.1. The van der Waals surface area contributed by atoms with Gasteiger partial charge in [0.25, 0.3) is 0 Å². The molecule has 0 aliphatic carbocycles. The Balaban J connectivity index is 1.50. The molecule has 1 N–H and O–H groups in total. The van der Waals surface area contributed by atoms with Crippen molar-refractivity contribution in [2.45, 2.75) is 18.5 Å². The van der Waals surface area contributed by atoms with Crippen molar-refractivity contribution < 1.29 is 28.8 Å². The molecule has 3 atom stereocenters. The Morgan fingerprint density at radius 1 is 1.20 bits per heavy atom. The summed E-state index contributed by atoms with van der Waals surface area (Å²) in [6.07, 6.45) is -0.856. The molecule has 2 aliphatic rings. The molecule has 1 aromatic carbocycles. The summed E-state index contributed by atoms with van der Waals surface area (Å²) in [5.74, 6) is -0.395. The number of aliphatic hydroxyl groups is 1. The van der Waals surface area contributed by atoms with Gasteiger partial charge >= 0.3 is 5.97 Å². The number of benzene rings is 1. The smallest absolute Gasteiger partial charge is 0.338 e. The summed E-state index contributed by atoms with van der Waals surface area (Å²) >= 11 is 0. The topological polar surface area (TPSA) is 80.8 Å². The minimum atomic E-state index is -1.01. The Morgan fingerprint density at radius 3 is 2.40 bits per heavy atom. The molecule has 0 spiro atoms. The van der Waals surface area contributed by atoms with Gasteiger partial charge in [0.05, 0.1) is 25.4 Å². The molecule has 6 nitrogen and oxygen atoms in total. The standard InChI is InChI=1S/C14H16O6/c15-13(19-7-11-5-17-11)9-1-2-10(4-3-9)14(16)20-8-12-6-18-12/h1-4,11-13,15H,5-8H2. The Morgan fingerprint density at radius 2 is 1.80 bits per heavy atom. The third-order valence-corrected chi connectivity index (χ3v) is 3.08. The molecule has 108 valence electrons. The summed E-state index contributed by atoms with van der Waals surface area (Å²) in [5, 5.41) is 9.80. The van der Waals surface area contributed by atoms with E-state index < -0.39 is 12.3 Å². The number of ether oxygens (including phenoxy) is 4. The molecule has 1 aromatic rings. The first-order valence-electron chi connectivity index (χ1n) is 6.52. The zero-order valence-corrected chi connectivity index (χ0v) is 10.9. The molecular formula is C14H16O6. The predicted molar refractivity (Wildman–Crippen MR) is 67.1 cm³/mol. The fraction of sp³-hybridized carbons (Fsp3) is 0.500. The van der Waals surface area contributed by atoms with Gasteiger partial charge in [-0.2, -0.15) is 0 Å². The van der Waals surface area contributed by atoms with Crippen molar-refractivity contribution in [2.24, 2.45) is 0 Å². The Hall–Kier alpha value is -1.47. The van der Waals surface area contributed by atoms with Gasteiger partial charge in [0, 0.05) is 5.56 Å². The van der Waals surface area contributed by atoms with E-state index in [1.54, 1.807) is 24.3 Å². The van der Waals surface area contributed by atoms with Gasteiger partial charge < -0.3 is 24.1 Å². The summed E-state index contributed by atoms with van der Waals surface area (Å²) in [7, 11) is 0. The number of carbonyl (C=O) groups excluding carboxylic acids is 1. The minimum Gasteiger partial charge on any atom is -0.459 e. The van der Waals surface area contributed by atoms with Crippen LogP contribution in [0.1, 0.15) is 22.2 Å². The molecule has 0 aromatic heterocycles. The van der Waals surface area contributed by atoms with E-state index in [0.29, 0.717) is 30.9 Å². The van der Waals surface area contributed by atoms with Crippen molar-refractivity contribution in [3.05, 3.63) is 35.4 Å². The summed E-state index contributed by atoms with van der Waals surface area (Å²) in [6, 6.07) is 6.49. The summed E-state index contributed by atoms with van der Waals surface area (Å²) < 4.78 is 20.3. The Labute approximate surface area is 116 Å². The number of aliphatic hydroxyl groups excluding tert-OH is 1. The molecule has 3 rings (SSSR count). The van der Waals surface area contributed by atoms with Gasteiger partial charge in [0.1, 0.15) is 18.8 Å². The van der Waals surface area contributed by atoms with Crippen molar-refractivity contribution in [1.82, 2.24) is 0 Å². The van der Waals surface area contributed by atoms with E-state index in [1.807, 2.05) is 0 Å². The highest BCUT2D eigenvalue weighted by Gasteiger charge is 2.25. The number of epoxide rings is 2. The van der Waals surface area contributed by atoms with Crippen LogP contribution in [0.15, 0.2) is 24.3 Å². The molecule has 6 heteroatoms. The van der Waals surface area contributed by atoms with Crippen molar-refractivity contribution in [3.8, 4) is 0 Å². The van der Waals surface area contributed by atoms with Gasteiger partial charge in [0.15, 0.2) is 6.29 Å². The molecule has 20 heavy (non-hydrogen) atoms. The Kier molecular flexibility index (Phi) is 3.98. The maximum Gasteiger partial charge on any atom is 0.338 e. The van der Waals surface area contributed by atoms with Gasteiger partial charge in [-0.05, 0) is 12.1 Å². The van der Waals surface area contributed by atoms with E-state index in [9.17, 15) is 9.90 Å². The summed E-state index contributed by atoms with van der Waals surface area (Å²) in [4.78, 5) is 11.7. The van der Waals surface area contributed by atoms with E-state index in [4.69, 9.17) is 18.9 Å². The average Bonchev–Trinajstić information content (AvgIpc) is 3.37. The molecule has 3 unspecified atom stereocenters. The predicted octanol–water partition coefficient (Wildman–Crippen LogP) is 0.648. The number of hydrogen-bond acceptors (Lipinski definition) is 6. The van der Waals surface area contributed by atoms with Gasteiger partial charge in [0.2, 0.25) is 0 Å². The molecule has 0 bridgehead atoms. The maximum absolute atomic E-state index is 11.7. The monoisotopic (exact) mass is 280 g/mol. The van der Waals surface area contributed by atoms with Crippen molar-refractivity contribution in [1.29, 1.82) is 0 Å². The van der Waals surface area contributed by atoms with Crippen LogP contribution in [-0.4, -0.2) is 49.7 Å². The van der Waals surface area contributed by atoms with Crippen LogP contribution in [0.2, 0.25) is 0 Å². The average molecular weight is 280 g/mol. The molecule has 0 saturated carbocycles. The number of esters is 1. The zero-order chi connectivity index (χ0) is 13.9.